The highest BCUT2D eigenvalue weighted by molar-refractivity contribution is 7.90. The van der Waals surface area contributed by atoms with Crippen LogP contribution in [0.1, 0.15) is 0 Å². The van der Waals surface area contributed by atoms with E-state index >= 15 is 0 Å². The van der Waals surface area contributed by atoms with E-state index in [1.54, 1.807) is 50.9 Å². The molecule has 0 unspecified atom stereocenters. The molecule has 160 valence electrons. The Bertz CT molecular complexity index is 1570. The van der Waals surface area contributed by atoms with Crippen LogP contribution in [0.2, 0.25) is 0 Å². The van der Waals surface area contributed by atoms with Gasteiger partial charge in [-0.05, 0) is 53.6 Å². The van der Waals surface area contributed by atoms with Crippen LogP contribution in [0.4, 0.5) is 0 Å². The first-order valence-corrected chi connectivity index (χ1v) is 11.4. The summed E-state index contributed by atoms with van der Waals surface area (Å²) in [5, 5.41) is 1.59. The summed E-state index contributed by atoms with van der Waals surface area (Å²) in [7, 11) is -0.638. The van der Waals surface area contributed by atoms with Gasteiger partial charge in [0.1, 0.15) is 4.90 Å². The minimum atomic E-state index is -3.83. The highest BCUT2D eigenvalue weighted by Gasteiger charge is 2.22. The van der Waals surface area contributed by atoms with Gasteiger partial charge in [0.05, 0.1) is 25.3 Å². The second-order valence-corrected chi connectivity index (χ2v) is 9.07. The van der Waals surface area contributed by atoms with E-state index in [1.807, 2.05) is 48.5 Å². The molecular weight excluding hydrogens is 424 g/mol. The van der Waals surface area contributed by atoms with Gasteiger partial charge < -0.3 is 9.47 Å². The van der Waals surface area contributed by atoms with E-state index in [4.69, 9.17) is 9.47 Å². The number of ether oxygens (including phenoxy) is 2. The van der Waals surface area contributed by atoms with Crippen molar-refractivity contribution in [3.63, 3.8) is 0 Å². The number of aromatic nitrogens is 2. The van der Waals surface area contributed by atoms with E-state index < -0.39 is 10.0 Å². The van der Waals surface area contributed by atoms with Crippen LogP contribution in [0, 0.1) is 0 Å². The molecule has 0 fully saturated rings. The van der Waals surface area contributed by atoms with E-state index in [2.05, 4.69) is 4.98 Å². The van der Waals surface area contributed by atoms with Gasteiger partial charge in [-0.15, -0.1) is 0 Å². The predicted molar refractivity (Wildman–Crippen MR) is 125 cm³/mol. The van der Waals surface area contributed by atoms with Gasteiger partial charge in [0.25, 0.3) is 10.0 Å². The van der Waals surface area contributed by atoms with Crippen molar-refractivity contribution < 1.29 is 17.9 Å². The van der Waals surface area contributed by atoms with Crippen molar-refractivity contribution in [1.29, 1.82) is 0 Å². The first-order chi connectivity index (χ1) is 15.5. The van der Waals surface area contributed by atoms with E-state index in [9.17, 15) is 8.42 Å². The van der Waals surface area contributed by atoms with E-state index in [0.717, 1.165) is 21.9 Å². The molecule has 7 heteroatoms. The topological polar surface area (TPSA) is 70.4 Å². The third-order valence-corrected chi connectivity index (χ3v) is 7.23. The van der Waals surface area contributed by atoms with Crippen LogP contribution in [0.25, 0.3) is 32.9 Å². The average Bonchev–Trinajstić information content (AvgIpc) is 3.27. The Kier molecular flexibility index (Phi) is 4.83. The molecule has 0 radical (unpaired) electrons. The number of para-hydroxylation sites is 1. The molecule has 0 bridgehead atoms. The van der Waals surface area contributed by atoms with Gasteiger partial charge >= 0.3 is 0 Å². The molecular formula is C25H20N2O4S. The Morgan fingerprint density at radius 3 is 2.34 bits per heavy atom. The summed E-state index contributed by atoms with van der Waals surface area (Å²) in [6.07, 6.45) is 3.19. The summed E-state index contributed by atoms with van der Waals surface area (Å²) in [4.78, 5) is 4.48. The SMILES string of the molecule is COc1ccc(-c2ccc3c(ccn3S(=O)(=O)c3cccc4cccnc34)c2)cc1OC. The second-order valence-electron chi connectivity index (χ2n) is 7.29. The molecule has 3 aromatic carbocycles. The van der Waals surface area contributed by atoms with Gasteiger partial charge in [-0.25, -0.2) is 12.4 Å². The molecule has 5 aromatic rings. The monoisotopic (exact) mass is 444 g/mol. The highest BCUT2D eigenvalue weighted by atomic mass is 32.2. The fourth-order valence-corrected chi connectivity index (χ4v) is 5.44. The average molecular weight is 445 g/mol. The third-order valence-electron chi connectivity index (χ3n) is 5.50. The Morgan fingerprint density at radius 1 is 0.781 bits per heavy atom. The quantitative estimate of drug-likeness (QED) is 0.377. The highest BCUT2D eigenvalue weighted by Crippen LogP contribution is 2.34. The molecule has 0 spiro atoms. The second kappa shape index (κ2) is 7.69. The zero-order chi connectivity index (χ0) is 22.3. The van der Waals surface area contributed by atoms with Crippen LogP contribution in [-0.4, -0.2) is 31.6 Å². The first-order valence-electron chi connectivity index (χ1n) is 9.96. The Hall–Kier alpha value is -3.84. The lowest BCUT2D eigenvalue weighted by Gasteiger charge is -2.11. The molecule has 0 aliphatic carbocycles. The van der Waals surface area contributed by atoms with Crippen LogP contribution < -0.4 is 9.47 Å². The fraction of sp³-hybridized carbons (Fsp3) is 0.0800. The number of hydrogen-bond acceptors (Lipinski definition) is 5. The maximum absolute atomic E-state index is 13.5. The van der Waals surface area contributed by atoms with Crippen LogP contribution in [0.5, 0.6) is 11.5 Å². The Balaban J connectivity index is 1.62. The van der Waals surface area contributed by atoms with Crippen molar-refractivity contribution in [3.05, 3.63) is 85.2 Å². The normalized spacial score (nSPS) is 11.7. The number of nitrogens with zero attached hydrogens (tertiary/aromatic N) is 2. The third kappa shape index (κ3) is 3.18. The van der Waals surface area contributed by atoms with Crippen LogP contribution in [0.15, 0.2) is 90.1 Å². The predicted octanol–water partition coefficient (Wildman–Crippen LogP) is 5.11. The molecule has 0 saturated heterocycles. The molecule has 0 amide bonds. The van der Waals surface area contributed by atoms with Crippen LogP contribution >= 0.6 is 0 Å². The number of benzene rings is 3. The fourth-order valence-electron chi connectivity index (χ4n) is 3.91. The zero-order valence-electron chi connectivity index (χ0n) is 17.5. The zero-order valence-corrected chi connectivity index (χ0v) is 18.3. The van der Waals surface area contributed by atoms with Crippen molar-refractivity contribution in [3.8, 4) is 22.6 Å². The minimum absolute atomic E-state index is 0.178. The lowest BCUT2D eigenvalue weighted by molar-refractivity contribution is 0.355. The van der Waals surface area contributed by atoms with Crippen LogP contribution in [-0.2, 0) is 10.0 Å². The van der Waals surface area contributed by atoms with Crippen molar-refractivity contribution in [2.45, 2.75) is 4.90 Å². The molecule has 6 nitrogen and oxygen atoms in total. The Morgan fingerprint density at radius 2 is 1.53 bits per heavy atom. The summed E-state index contributed by atoms with van der Waals surface area (Å²) >= 11 is 0. The lowest BCUT2D eigenvalue weighted by atomic mass is 10.0. The van der Waals surface area contributed by atoms with Crippen molar-refractivity contribution >= 4 is 31.8 Å². The summed E-state index contributed by atoms with van der Waals surface area (Å²) in [5.41, 5.74) is 2.94. The van der Waals surface area contributed by atoms with Crippen LogP contribution in [0.3, 0.4) is 0 Å². The number of methoxy groups -OCH3 is 2. The molecule has 32 heavy (non-hydrogen) atoms. The number of pyridine rings is 1. The molecule has 0 atom stereocenters. The minimum Gasteiger partial charge on any atom is -0.493 e. The number of rotatable bonds is 5. The lowest BCUT2D eigenvalue weighted by Crippen LogP contribution is -2.12. The molecule has 0 aliphatic rings. The summed E-state index contributed by atoms with van der Waals surface area (Å²) in [6, 6.07) is 22.0. The van der Waals surface area contributed by atoms with Gasteiger partial charge in [-0.1, -0.05) is 30.3 Å². The van der Waals surface area contributed by atoms with Gasteiger partial charge in [-0.3, -0.25) is 4.98 Å². The maximum atomic E-state index is 13.5. The maximum Gasteiger partial charge on any atom is 0.270 e. The molecule has 0 saturated carbocycles. The van der Waals surface area contributed by atoms with Gasteiger partial charge in [0.15, 0.2) is 11.5 Å². The molecule has 0 aliphatic heterocycles. The van der Waals surface area contributed by atoms with Crippen molar-refractivity contribution in [1.82, 2.24) is 8.96 Å². The van der Waals surface area contributed by atoms with Gasteiger partial charge in [0, 0.05) is 23.2 Å². The van der Waals surface area contributed by atoms with Gasteiger partial charge in [-0.2, -0.15) is 0 Å². The summed E-state index contributed by atoms with van der Waals surface area (Å²) in [5.74, 6) is 1.28. The van der Waals surface area contributed by atoms with Gasteiger partial charge in [0.2, 0.25) is 0 Å². The van der Waals surface area contributed by atoms with Crippen molar-refractivity contribution in [2.75, 3.05) is 14.2 Å². The standard InChI is InChI=1S/C25H20N2O4S/c1-30-22-11-9-19(16-23(22)31-2)18-8-10-21-20(15-18)12-14-27(21)32(28,29)24-7-3-5-17-6-4-13-26-25(17)24/h3-16H,1-2H3. The molecule has 5 rings (SSSR count). The van der Waals surface area contributed by atoms with Crippen molar-refractivity contribution in [2.24, 2.45) is 0 Å². The first kappa shape index (κ1) is 20.1. The van der Waals surface area contributed by atoms with E-state index in [-0.39, 0.29) is 4.90 Å². The Labute approximate surface area is 185 Å². The molecule has 2 aromatic heterocycles. The summed E-state index contributed by atoms with van der Waals surface area (Å²) in [6.45, 7) is 0. The van der Waals surface area contributed by atoms with E-state index in [1.165, 1.54) is 3.97 Å². The van der Waals surface area contributed by atoms with E-state index in [0.29, 0.717) is 22.5 Å². The largest absolute Gasteiger partial charge is 0.493 e. The summed E-state index contributed by atoms with van der Waals surface area (Å²) < 4.78 is 39.1. The number of fused-ring (bicyclic) bond motifs is 2. The number of hydrogen-bond donors (Lipinski definition) is 0. The molecule has 2 heterocycles. The smallest absolute Gasteiger partial charge is 0.270 e. The molecule has 0 N–H and O–H groups in total.